The number of unbranched alkanes of at least 4 members (excludes halogenated alkanes) is 45. The second-order valence-electron chi connectivity index (χ2n) is 18.8. The monoisotopic (exact) mass is 791 g/mol. The first-order valence-corrected chi connectivity index (χ1v) is 29.0. The van der Waals surface area contributed by atoms with Gasteiger partial charge in [0.2, 0.25) is 0 Å². The molecule has 0 aromatic heterocycles. The van der Waals surface area contributed by atoms with E-state index in [2.05, 4.69) is 20.8 Å². The van der Waals surface area contributed by atoms with Gasteiger partial charge in [-0.1, -0.05) is 310 Å². The normalized spacial score (nSPS) is 11.8. The van der Waals surface area contributed by atoms with Gasteiger partial charge in [-0.2, -0.15) is 0 Å². The predicted octanol–water partition coefficient (Wildman–Crippen LogP) is 21.3. The van der Waals surface area contributed by atoms with Crippen molar-refractivity contribution in [2.45, 2.75) is 329 Å². The van der Waals surface area contributed by atoms with Gasteiger partial charge in [0, 0.05) is 0 Å². The second kappa shape index (κ2) is 52.4. The Morgan fingerprint density at radius 3 is 0.382 bits per heavy atom. The van der Waals surface area contributed by atoms with Crippen LogP contribution >= 0.6 is 7.92 Å². The molecule has 0 aliphatic heterocycles. The highest BCUT2D eigenvalue weighted by Gasteiger charge is 2.08. The summed E-state index contributed by atoms with van der Waals surface area (Å²) in [6, 6.07) is 0. The molecule has 0 aliphatic carbocycles. The molecule has 0 heterocycles. The predicted molar refractivity (Wildman–Crippen MR) is 260 cm³/mol. The number of rotatable bonds is 51. The molecule has 0 aromatic rings. The summed E-state index contributed by atoms with van der Waals surface area (Å²) in [4.78, 5) is 0. The van der Waals surface area contributed by atoms with Crippen LogP contribution in [0.5, 0.6) is 0 Å². The van der Waals surface area contributed by atoms with Crippen molar-refractivity contribution in [2.75, 3.05) is 18.5 Å². The molecule has 332 valence electrons. The maximum atomic E-state index is 2.32. The van der Waals surface area contributed by atoms with Crippen LogP contribution in [-0.4, -0.2) is 18.5 Å². The Morgan fingerprint density at radius 1 is 0.145 bits per heavy atom. The van der Waals surface area contributed by atoms with E-state index in [0.717, 1.165) is 0 Å². The quantitative estimate of drug-likeness (QED) is 0.0425. The molecule has 0 fully saturated rings. The second-order valence-corrected chi connectivity index (χ2v) is 21.4. The zero-order valence-corrected chi connectivity index (χ0v) is 40.4. The first kappa shape index (κ1) is 55.4. The Balaban J connectivity index is 3.94. The molecule has 0 radical (unpaired) electrons. The molecule has 0 nitrogen and oxygen atoms in total. The molecule has 0 spiro atoms. The van der Waals surface area contributed by atoms with Crippen LogP contribution in [0.25, 0.3) is 0 Å². The van der Waals surface area contributed by atoms with E-state index in [4.69, 9.17) is 0 Å². The van der Waals surface area contributed by atoms with E-state index in [1.807, 2.05) is 0 Å². The molecule has 0 amide bonds. The van der Waals surface area contributed by atoms with Gasteiger partial charge in [0.25, 0.3) is 0 Å². The van der Waals surface area contributed by atoms with Gasteiger partial charge in [0.15, 0.2) is 0 Å². The third-order valence-corrected chi connectivity index (χ3v) is 15.8. The van der Waals surface area contributed by atoms with E-state index in [1.165, 1.54) is 289 Å². The van der Waals surface area contributed by atoms with Gasteiger partial charge in [0.1, 0.15) is 0 Å². The van der Waals surface area contributed by atoms with E-state index in [9.17, 15) is 0 Å². The highest BCUT2D eigenvalue weighted by molar-refractivity contribution is 7.57. The van der Waals surface area contributed by atoms with Crippen LogP contribution < -0.4 is 0 Å². The summed E-state index contributed by atoms with van der Waals surface area (Å²) in [7, 11) is 0.311. The van der Waals surface area contributed by atoms with Crippen molar-refractivity contribution in [3.63, 3.8) is 0 Å². The lowest BCUT2D eigenvalue weighted by molar-refractivity contribution is 0.530. The van der Waals surface area contributed by atoms with Gasteiger partial charge in [-0.25, -0.2) is 0 Å². The van der Waals surface area contributed by atoms with Gasteiger partial charge in [-0.05, 0) is 37.7 Å². The van der Waals surface area contributed by atoms with E-state index in [0.29, 0.717) is 7.92 Å². The first-order valence-electron chi connectivity index (χ1n) is 27.1. The molecule has 0 rings (SSSR count). The van der Waals surface area contributed by atoms with Crippen LogP contribution in [0, 0.1) is 0 Å². The Hall–Kier alpha value is 0.430. The largest absolute Gasteiger partial charge is 0.107 e. The first-order chi connectivity index (χ1) is 27.3. The molecule has 0 bridgehead atoms. The van der Waals surface area contributed by atoms with Gasteiger partial charge in [-0.3, -0.25) is 0 Å². The molecule has 0 atom stereocenters. The van der Waals surface area contributed by atoms with Crippen LogP contribution in [-0.2, 0) is 0 Å². The fourth-order valence-corrected chi connectivity index (χ4v) is 11.7. The van der Waals surface area contributed by atoms with E-state index < -0.39 is 0 Å². The van der Waals surface area contributed by atoms with Gasteiger partial charge in [0.05, 0.1) is 0 Å². The Morgan fingerprint density at radius 2 is 0.255 bits per heavy atom. The molecular formula is C54H111P. The topological polar surface area (TPSA) is 0 Å². The average molecular weight is 791 g/mol. The van der Waals surface area contributed by atoms with Gasteiger partial charge < -0.3 is 0 Å². The van der Waals surface area contributed by atoms with E-state index in [1.54, 1.807) is 37.7 Å². The van der Waals surface area contributed by atoms with Crippen molar-refractivity contribution >= 4 is 7.92 Å². The zero-order valence-electron chi connectivity index (χ0n) is 39.5. The highest BCUT2D eigenvalue weighted by Crippen LogP contribution is 2.39. The van der Waals surface area contributed by atoms with Crippen LogP contribution in [0.4, 0.5) is 0 Å². The lowest BCUT2D eigenvalue weighted by atomic mass is 10.0. The van der Waals surface area contributed by atoms with Crippen molar-refractivity contribution < 1.29 is 0 Å². The summed E-state index contributed by atoms with van der Waals surface area (Å²) < 4.78 is 0. The molecule has 0 saturated heterocycles. The van der Waals surface area contributed by atoms with Crippen LogP contribution in [0.3, 0.4) is 0 Å². The van der Waals surface area contributed by atoms with Crippen molar-refractivity contribution in [3.8, 4) is 0 Å². The number of hydrogen-bond donors (Lipinski definition) is 0. The highest BCUT2D eigenvalue weighted by atomic mass is 31.1. The van der Waals surface area contributed by atoms with Crippen LogP contribution in [0.15, 0.2) is 0 Å². The molecule has 0 N–H and O–H groups in total. The molecule has 1 heteroatoms. The maximum Gasteiger partial charge on any atom is -0.0326 e. The van der Waals surface area contributed by atoms with E-state index >= 15 is 0 Å². The lowest BCUT2D eigenvalue weighted by Crippen LogP contribution is -1.97. The lowest BCUT2D eigenvalue weighted by Gasteiger charge is -2.18. The molecule has 0 aliphatic rings. The van der Waals surface area contributed by atoms with Crippen molar-refractivity contribution in [1.82, 2.24) is 0 Å². The summed E-state index contributed by atoms with van der Waals surface area (Å²) >= 11 is 0. The molecule has 0 aromatic carbocycles. The zero-order chi connectivity index (χ0) is 39.6. The summed E-state index contributed by atoms with van der Waals surface area (Å²) in [5.74, 6) is 0. The average Bonchev–Trinajstić information content (AvgIpc) is 3.20. The fourth-order valence-electron chi connectivity index (χ4n) is 8.99. The van der Waals surface area contributed by atoms with Crippen molar-refractivity contribution in [3.05, 3.63) is 0 Å². The molecular weight excluding hydrogens is 680 g/mol. The third-order valence-electron chi connectivity index (χ3n) is 13.0. The SMILES string of the molecule is CCCCCCCCCCCCCCCCCCP(CCCCCCCCCCCCCCCCCC)CCCCCCCCCCCCCCCCCC. The minimum atomic E-state index is 0.311. The Labute approximate surface area is 354 Å². The van der Waals surface area contributed by atoms with Crippen LogP contribution in [0.1, 0.15) is 329 Å². The summed E-state index contributed by atoms with van der Waals surface area (Å²) in [6.45, 7) is 6.97. The summed E-state index contributed by atoms with van der Waals surface area (Å²) in [5, 5.41) is 0. The minimum Gasteiger partial charge on any atom is -0.107 e. The summed E-state index contributed by atoms with van der Waals surface area (Å²) in [5.41, 5.74) is 0. The molecule has 55 heavy (non-hydrogen) atoms. The minimum absolute atomic E-state index is 0.311. The maximum absolute atomic E-state index is 2.32. The smallest absolute Gasteiger partial charge is 0.0326 e. The van der Waals surface area contributed by atoms with E-state index in [-0.39, 0.29) is 0 Å². The fraction of sp³-hybridized carbons (Fsp3) is 1.00. The molecule has 0 saturated carbocycles. The summed E-state index contributed by atoms with van der Waals surface area (Å²) in [6.07, 6.45) is 76.3. The van der Waals surface area contributed by atoms with Crippen LogP contribution in [0.2, 0.25) is 0 Å². The number of hydrogen-bond acceptors (Lipinski definition) is 0. The molecule has 0 unspecified atom stereocenters. The van der Waals surface area contributed by atoms with Gasteiger partial charge >= 0.3 is 0 Å². The standard InChI is InChI=1S/C54H111P/c1-4-7-10-13-16-19-22-25-28-31-34-37-40-43-46-49-52-55(53-50-47-44-41-38-35-32-29-26-23-20-17-14-11-8-5-2)54-51-48-45-42-39-36-33-30-27-24-21-18-15-12-9-6-3/h4-54H2,1-3H3. The third kappa shape index (κ3) is 50.5. The Kier molecular flexibility index (Phi) is 52.9. The Bertz CT molecular complexity index is 543. The van der Waals surface area contributed by atoms with Gasteiger partial charge in [-0.15, -0.1) is 7.92 Å². The van der Waals surface area contributed by atoms with Crippen molar-refractivity contribution in [2.24, 2.45) is 0 Å². The van der Waals surface area contributed by atoms with Crippen molar-refractivity contribution in [1.29, 1.82) is 0 Å².